The van der Waals surface area contributed by atoms with E-state index in [1.54, 1.807) is 36.4 Å². The van der Waals surface area contributed by atoms with Crippen LogP contribution in [0.2, 0.25) is 5.02 Å². The molecule has 0 aliphatic carbocycles. The molecular weight excluding hydrogens is 357 g/mol. The number of nitrogens with zero attached hydrogens (tertiary/aromatic N) is 4. The van der Waals surface area contributed by atoms with Crippen molar-refractivity contribution in [2.75, 3.05) is 0 Å². The van der Waals surface area contributed by atoms with Crippen molar-refractivity contribution in [3.05, 3.63) is 65.1 Å². The van der Waals surface area contributed by atoms with Crippen LogP contribution in [0.4, 0.5) is 4.39 Å². The molecule has 26 heavy (non-hydrogen) atoms. The van der Waals surface area contributed by atoms with Crippen LogP contribution in [-0.2, 0) is 0 Å². The number of H-pyrrole nitrogens is 1. The standard InChI is InChI=1S/C18H9ClFN5O/c19-12-5-1-11(2-6-12)18-22-16(15-14(9-21)23-25-24-15)17(26-18)10-3-7-13(20)8-4-10/h1-8H,(H,23,24,25). The van der Waals surface area contributed by atoms with Gasteiger partial charge in [0.15, 0.2) is 17.1 Å². The topological polar surface area (TPSA) is 91.4 Å². The molecule has 2 aromatic heterocycles. The van der Waals surface area contributed by atoms with Crippen molar-refractivity contribution in [1.82, 2.24) is 20.4 Å². The smallest absolute Gasteiger partial charge is 0.227 e. The summed E-state index contributed by atoms with van der Waals surface area (Å²) in [5.74, 6) is 0.315. The summed E-state index contributed by atoms with van der Waals surface area (Å²) in [5.41, 5.74) is 1.99. The van der Waals surface area contributed by atoms with Gasteiger partial charge in [0.2, 0.25) is 5.89 Å². The minimum atomic E-state index is -0.369. The molecule has 8 heteroatoms. The van der Waals surface area contributed by atoms with Crippen molar-refractivity contribution in [3.63, 3.8) is 0 Å². The summed E-state index contributed by atoms with van der Waals surface area (Å²) in [5, 5.41) is 20.0. The van der Waals surface area contributed by atoms with Crippen molar-refractivity contribution < 1.29 is 8.81 Å². The Labute approximate surface area is 151 Å². The lowest BCUT2D eigenvalue weighted by Gasteiger charge is -1.99. The van der Waals surface area contributed by atoms with Gasteiger partial charge in [-0.3, -0.25) is 0 Å². The minimum absolute atomic E-state index is 0.0873. The third-order valence-electron chi connectivity index (χ3n) is 3.70. The normalized spacial score (nSPS) is 10.7. The van der Waals surface area contributed by atoms with Crippen LogP contribution in [0.3, 0.4) is 0 Å². The molecule has 0 radical (unpaired) electrons. The lowest BCUT2D eigenvalue weighted by Crippen LogP contribution is -1.87. The average Bonchev–Trinajstić information content (AvgIpc) is 3.29. The van der Waals surface area contributed by atoms with Crippen molar-refractivity contribution in [2.24, 2.45) is 0 Å². The van der Waals surface area contributed by atoms with E-state index in [9.17, 15) is 9.65 Å². The van der Waals surface area contributed by atoms with Crippen LogP contribution >= 0.6 is 11.6 Å². The third-order valence-corrected chi connectivity index (χ3v) is 3.95. The summed E-state index contributed by atoms with van der Waals surface area (Å²) in [6.45, 7) is 0. The van der Waals surface area contributed by atoms with Crippen LogP contribution in [0, 0.1) is 17.1 Å². The van der Waals surface area contributed by atoms with E-state index in [4.69, 9.17) is 16.0 Å². The van der Waals surface area contributed by atoms with Crippen molar-refractivity contribution in [1.29, 1.82) is 5.26 Å². The molecule has 0 saturated heterocycles. The molecule has 0 spiro atoms. The number of halogens is 2. The van der Waals surface area contributed by atoms with E-state index in [-0.39, 0.29) is 17.2 Å². The molecule has 0 aliphatic heterocycles. The van der Waals surface area contributed by atoms with Crippen molar-refractivity contribution in [2.45, 2.75) is 0 Å². The number of benzene rings is 2. The molecule has 0 amide bonds. The average molecular weight is 366 g/mol. The quantitative estimate of drug-likeness (QED) is 0.578. The number of nitriles is 1. The molecule has 2 aromatic carbocycles. The molecule has 2 heterocycles. The molecule has 0 saturated carbocycles. The first kappa shape index (κ1) is 16.0. The first-order chi connectivity index (χ1) is 12.7. The summed E-state index contributed by atoms with van der Waals surface area (Å²) in [4.78, 5) is 4.48. The summed E-state index contributed by atoms with van der Waals surface area (Å²) in [7, 11) is 0. The van der Waals surface area contributed by atoms with Gasteiger partial charge in [-0.05, 0) is 48.5 Å². The van der Waals surface area contributed by atoms with Gasteiger partial charge in [-0.1, -0.05) is 11.6 Å². The zero-order chi connectivity index (χ0) is 18.1. The highest BCUT2D eigenvalue weighted by atomic mass is 35.5. The van der Waals surface area contributed by atoms with E-state index < -0.39 is 0 Å². The predicted octanol–water partition coefficient (Wildman–Crippen LogP) is 4.46. The predicted molar refractivity (Wildman–Crippen MR) is 92.4 cm³/mol. The Morgan fingerprint density at radius 2 is 1.65 bits per heavy atom. The van der Waals surface area contributed by atoms with Crippen LogP contribution in [0.1, 0.15) is 5.69 Å². The number of rotatable bonds is 3. The van der Waals surface area contributed by atoms with Crippen LogP contribution in [0.5, 0.6) is 0 Å². The lowest BCUT2D eigenvalue weighted by atomic mass is 10.1. The molecule has 4 aromatic rings. The van der Waals surface area contributed by atoms with E-state index in [1.807, 2.05) is 6.07 Å². The molecular formula is C18H9ClFN5O. The van der Waals surface area contributed by atoms with Crippen LogP contribution in [0.15, 0.2) is 52.9 Å². The second-order valence-electron chi connectivity index (χ2n) is 5.34. The van der Waals surface area contributed by atoms with Gasteiger partial charge in [-0.2, -0.15) is 15.6 Å². The number of aromatic amines is 1. The van der Waals surface area contributed by atoms with Gasteiger partial charge >= 0.3 is 0 Å². The number of aromatic nitrogens is 4. The number of hydrogen-bond donors (Lipinski definition) is 1. The zero-order valence-electron chi connectivity index (χ0n) is 13.1. The van der Waals surface area contributed by atoms with Crippen LogP contribution in [-0.4, -0.2) is 20.4 Å². The molecule has 0 fully saturated rings. The van der Waals surface area contributed by atoms with E-state index >= 15 is 0 Å². The molecule has 0 atom stereocenters. The summed E-state index contributed by atoms with van der Waals surface area (Å²) in [6.07, 6.45) is 0. The SMILES string of the molecule is N#Cc1n[nH]nc1-c1nc(-c2ccc(Cl)cc2)oc1-c1ccc(F)cc1. The van der Waals surface area contributed by atoms with Crippen molar-refractivity contribution >= 4 is 11.6 Å². The Kier molecular flexibility index (Phi) is 3.95. The molecule has 0 aliphatic rings. The van der Waals surface area contributed by atoms with Gasteiger partial charge in [0.1, 0.15) is 17.6 Å². The first-order valence-electron chi connectivity index (χ1n) is 7.49. The third kappa shape index (κ3) is 2.83. The van der Waals surface area contributed by atoms with Crippen LogP contribution in [0.25, 0.3) is 34.2 Å². The Morgan fingerprint density at radius 3 is 2.35 bits per heavy atom. The highest BCUT2D eigenvalue weighted by Crippen LogP contribution is 2.36. The van der Waals surface area contributed by atoms with E-state index in [2.05, 4.69) is 20.4 Å². The summed E-state index contributed by atoms with van der Waals surface area (Å²) >= 11 is 5.92. The first-order valence-corrected chi connectivity index (χ1v) is 7.87. The minimum Gasteiger partial charge on any atom is -0.435 e. The van der Waals surface area contributed by atoms with Gasteiger partial charge < -0.3 is 4.42 Å². The zero-order valence-corrected chi connectivity index (χ0v) is 13.8. The number of nitrogens with one attached hydrogen (secondary N) is 1. The second-order valence-corrected chi connectivity index (χ2v) is 5.78. The van der Waals surface area contributed by atoms with Crippen molar-refractivity contribution in [3.8, 4) is 40.2 Å². The second kappa shape index (κ2) is 6.43. The molecule has 1 N–H and O–H groups in total. The van der Waals surface area contributed by atoms with Gasteiger partial charge in [0.05, 0.1) is 0 Å². The largest absolute Gasteiger partial charge is 0.435 e. The van der Waals surface area contributed by atoms with Crippen LogP contribution < -0.4 is 0 Å². The molecule has 126 valence electrons. The number of hydrogen-bond acceptors (Lipinski definition) is 5. The van der Waals surface area contributed by atoms with E-state index in [0.717, 1.165) is 0 Å². The monoisotopic (exact) mass is 365 g/mol. The summed E-state index contributed by atoms with van der Waals surface area (Å²) < 4.78 is 19.2. The van der Waals surface area contributed by atoms with Gasteiger partial charge in [-0.15, -0.1) is 5.10 Å². The van der Waals surface area contributed by atoms with Gasteiger partial charge in [-0.25, -0.2) is 9.37 Å². The Morgan fingerprint density at radius 1 is 0.962 bits per heavy atom. The fraction of sp³-hybridized carbons (Fsp3) is 0. The van der Waals surface area contributed by atoms with E-state index in [0.29, 0.717) is 33.5 Å². The highest BCUT2D eigenvalue weighted by molar-refractivity contribution is 6.30. The maximum atomic E-state index is 13.3. The fourth-order valence-electron chi connectivity index (χ4n) is 2.47. The molecule has 6 nitrogen and oxygen atoms in total. The Hall–Kier alpha value is -3.50. The fourth-order valence-corrected chi connectivity index (χ4v) is 2.59. The molecule has 4 rings (SSSR count). The van der Waals surface area contributed by atoms with E-state index in [1.165, 1.54) is 12.1 Å². The summed E-state index contributed by atoms with van der Waals surface area (Å²) in [6, 6.07) is 14.7. The maximum Gasteiger partial charge on any atom is 0.227 e. The maximum absolute atomic E-state index is 13.3. The molecule has 0 bridgehead atoms. The number of oxazole rings is 1. The highest BCUT2D eigenvalue weighted by Gasteiger charge is 2.23. The van der Waals surface area contributed by atoms with Gasteiger partial charge in [0.25, 0.3) is 0 Å². The Bertz CT molecular complexity index is 1110. The Balaban J connectivity index is 1.92. The lowest BCUT2D eigenvalue weighted by molar-refractivity contribution is 0.588. The molecule has 0 unspecified atom stereocenters. The van der Waals surface area contributed by atoms with Gasteiger partial charge in [0, 0.05) is 16.1 Å².